The van der Waals surface area contributed by atoms with Crippen molar-refractivity contribution in [2.45, 2.75) is 26.1 Å². The van der Waals surface area contributed by atoms with Crippen molar-refractivity contribution in [1.29, 1.82) is 0 Å². The standard InChI is InChI=1S/C23H34N2O4/c1-23(2,17-24-13-19(26)15-28-21-9-5-3-6-10-21)18-25-14-20(27)16-29-22-11-7-4-8-12-22/h3-12,19-20,24-27H,13-18H2,1-2H3/t19-,20-/m1/s1. The highest BCUT2D eigenvalue weighted by Crippen LogP contribution is 2.12. The molecule has 4 N–H and O–H groups in total. The molecule has 0 saturated carbocycles. The molecule has 0 heterocycles. The number of para-hydroxylation sites is 2. The van der Waals surface area contributed by atoms with Crippen LogP contribution in [-0.2, 0) is 0 Å². The van der Waals surface area contributed by atoms with Crippen molar-refractivity contribution in [2.24, 2.45) is 5.41 Å². The van der Waals surface area contributed by atoms with Crippen LogP contribution in [0.2, 0.25) is 0 Å². The van der Waals surface area contributed by atoms with Gasteiger partial charge in [0.05, 0.1) is 0 Å². The maximum atomic E-state index is 10.1. The Balaban J connectivity index is 1.54. The molecule has 0 aliphatic carbocycles. The highest BCUT2D eigenvalue weighted by atomic mass is 16.5. The van der Waals surface area contributed by atoms with Crippen molar-refractivity contribution in [3.8, 4) is 11.5 Å². The molecule has 0 aliphatic rings. The van der Waals surface area contributed by atoms with E-state index in [2.05, 4.69) is 24.5 Å². The first-order valence-corrected chi connectivity index (χ1v) is 10.1. The number of aliphatic hydroxyl groups is 2. The number of aliphatic hydroxyl groups excluding tert-OH is 2. The normalized spacial score (nSPS) is 13.7. The average molecular weight is 403 g/mol. The lowest BCUT2D eigenvalue weighted by molar-refractivity contribution is 0.0992. The lowest BCUT2D eigenvalue weighted by Crippen LogP contribution is -2.43. The molecule has 0 radical (unpaired) electrons. The van der Waals surface area contributed by atoms with Gasteiger partial charge < -0.3 is 30.3 Å². The maximum Gasteiger partial charge on any atom is 0.119 e. The molecule has 160 valence electrons. The summed E-state index contributed by atoms with van der Waals surface area (Å²) in [5.41, 5.74) is -0.0278. The molecule has 29 heavy (non-hydrogen) atoms. The Morgan fingerprint density at radius 2 is 1.10 bits per heavy atom. The minimum Gasteiger partial charge on any atom is -0.491 e. The van der Waals surface area contributed by atoms with Gasteiger partial charge >= 0.3 is 0 Å². The predicted molar refractivity (Wildman–Crippen MR) is 115 cm³/mol. The summed E-state index contributed by atoms with van der Waals surface area (Å²) in [4.78, 5) is 0. The molecule has 0 aliphatic heterocycles. The summed E-state index contributed by atoms with van der Waals surface area (Å²) in [6, 6.07) is 18.9. The van der Waals surface area contributed by atoms with Gasteiger partial charge in [0.2, 0.25) is 0 Å². The van der Waals surface area contributed by atoms with Gasteiger partial charge in [-0.05, 0) is 29.7 Å². The Bertz CT molecular complexity index is 610. The van der Waals surface area contributed by atoms with Crippen molar-refractivity contribution in [3.63, 3.8) is 0 Å². The molecule has 0 fully saturated rings. The van der Waals surface area contributed by atoms with Gasteiger partial charge in [-0.15, -0.1) is 0 Å². The third-order valence-corrected chi connectivity index (χ3v) is 4.34. The summed E-state index contributed by atoms with van der Waals surface area (Å²) in [6.45, 7) is 7.16. The van der Waals surface area contributed by atoms with E-state index in [0.29, 0.717) is 13.1 Å². The molecular weight excluding hydrogens is 368 g/mol. The quantitative estimate of drug-likeness (QED) is 0.387. The van der Waals surface area contributed by atoms with Crippen molar-refractivity contribution in [2.75, 3.05) is 39.4 Å². The van der Waals surface area contributed by atoms with Gasteiger partial charge in [-0.2, -0.15) is 0 Å². The van der Waals surface area contributed by atoms with Crippen LogP contribution in [0.15, 0.2) is 60.7 Å². The van der Waals surface area contributed by atoms with Crippen molar-refractivity contribution >= 4 is 0 Å². The van der Waals surface area contributed by atoms with Crippen LogP contribution in [0.4, 0.5) is 0 Å². The largest absolute Gasteiger partial charge is 0.491 e. The Labute approximate surface area is 173 Å². The molecule has 0 unspecified atom stereocenters. The second-order valence-electron chi connectivity index (χ2n) is 7.98. The van der Waals surface area contributed by atoms with Crippen LogP contribution in [0.25, 0.3) is 0 Å². The molecule has 0 saturated heterocycles. The number of nitrogens with one attached hydrogen (secondary N) is 2. The van der Waals surface area contributed by atoms with Gasteiger partial charge in [-0.1, -0.05) is 50.2 Å². The van der Waals surface area contributed by atoms with Gasteiger partial charge in [-0.3, -0.25) is 0 Å². The summed E-state index contributed by atoms with van der Waals surface area (Å²) in [7, 11) is 0. The highest BCUT2D eigenvalue weighted by molar-refractivity contribution is 5.21. The summed E-state index contributed by atoms with van der Waals surface area (Å²) in [5.74, 6) is 1.51. The second kappa shape index (κ2) is 12.4. The third-order valence-electron chi connectivity index (χ3n) is 4.34. The van der Waals surface area contributed by atoms with Crippen molar-refractivity contribution in [1.82, 2.24) is 10.6 Å². The van der Waals surface area contributed by atoms with Gasteiger partial charge in [0, 0.05) is 26.2 Å². The van der Waals surface area contributed by atoms with Gasteiger partial charge in [0.15, 0.2) is 0 Å². The van der Waals surface area contributed by atoms with Crippen molar-refractivity contribution in [3.05, 3.63) is 60.7 Å². The zero-order valence-corrected chi connectivity index (χ0v) is 17.4. The first-order valence-electron chi connectivity index (χ1n) is 10.1. The van der Waals surface area contributed by atoms with E-state index in [4.69, 9.17) is 9.47 Å². The number of benzene rings is 2. The van der Waals surface area contributed by atoms with Gasteiger partial charge in [0.25, 0.3) is 0 Å². The molecule has 0 spiro atoms. The fraction of sp³-hybridized carbons (Fsp3) is 0.478. The fourth-order valence-electron chi connectivity index (χ4n) is 2.75. The third kappa shape index (κ3) is 10.3. The first-order chi connectivity index (χ1) is 13.9. The van der Waals surface area contributed by atoms with E-state index in [0.717, 1.165) is 24.6 Å². The van der Waals surface area contributed by atoms with Crippen molar-refractivity contribution < 1.29 is 19.7 Å². The zero-order chi connectivity index (χ0) is 21.0. The fourth-order valence-corrected chi connectivity index (χ4v) is 2.75. The Morgan fingerprint density at radius 3 is 1.48 bits per heavy atom. The molecule has 2 atom stereocenters. The van der Waals surface area contributed by atoms with Crippen LogP contribution in [0.1, 0.15) is 13.8 Å². The van der Waals surface area contributed by atoms with Crippen LogP contribution in [0.5, 0.6) is 11.5 Å². The molecule has 0 aromatic heterocycles. The summed E-state index contributed by atoms with van der Waals surface area (Å²) < 4.78 is 11.1. The molecule has 0 bridgehead atoms. The van der Waals surface area contributed by atoms with E-state index in [1.807, 2.05) is 60.7 Å². The number of hydrogen-bond acceptors (Lipinski definition) is 6. The first kappa shape index (κ1) is 23.2. The maximum absolute atomic E-state index is 10.1. The summed E-state index contributed by atoms with van der Waals surface area (Å²) in [6.07, 6.45) is -1.15. The minimum atomic E-state index is -0.573. The van der Waals surface area contributed by atoms with Gasteiger partial charge in [-0.25, -0.2) is 0 Å². The molecule has 6 nitrogen and oxygen atoms in total. The van der Waals surface area contributed by atoms with Crippen LogP contribution in [-0.4, -0.2) is 61.8 Å². The average Bonchev–Trinajstić information content (AvgIpc) is 2.72. The zero-order valence-electron chi connectivity index (χ0n) is 17.4. The lowest BCUT2D eigenvalue weighted by Gasteiger charge is -2.27. The van der Waals surface area contributed by atoms with Gasteiger partial charge in [0.1, 0.15) is 36.9 Å². The van der Waals surface area contributed by atoms with E-state index in [1.165, 1.54) is 0 Å². The molecule has 2 aromatic rings. The highest BCUT2D eigenvalue weighted by Gasteiger charge is 2.18. The van der Waals surface area contributed by atoms with Crippen LogP contribution in [0.3, 0.4) is 0 Å². The molecule has 2 rings (SSSR count). The van der Waals surface area contributed by atoms with E-state index < -0.39 is 12.2 Å². The molecule has 6 heteroatoms. The smallest absolute Gasteiger partial charge is 0.119 e. The summed E-state index contributed by atoms with van der Waals surface area (Å²) >= 11 is 0. The van der Waals surface area contributed by atoms with Crippen LogP contribution in [0, 0.1) is 5.41 Å². The molecule has 0 amide bonds. The SMILES string of the molecule is CC(C)(CNC[C@@H](O)COc1ccccc1)CNC[C@@H](O)COc1ccccc1. The van der Waals surface area contributed by atoms with Crippen LogP contribution < -0.4 is 20.1 Å². The molecule has 2 aromatic carbocycles. The topological polar surface area (TPSA) is 83.0 Å². The van der Waals surface area contributed by atoms with E-state index in [-0.39, 0.29) is 18.6 Å². The Hall–Kier alpha value is -2.12. The number of hydrogen-bond donors (Lipinski definition) is 4. The summed E-state index contributed by atoms with van der Waals surface area (Å²) in [5, 5.41) is 26.7. The van der Waals surface area contributed by atoms with E-state index >= 15 is 0 Å². The number of rotatable bonds is 14. The molecular formula is C23H34N2O4. The van der Waals surface area contributed by atoms with E-state index in [9.17, 15) is 10.2 Å². The van der Waals surface area contributed by atoms with E-state index in [1.54, 1.807) is 0 Å². The minimum absolute atomic E-state index is 0.0278. The monoisotopic (exact) mass is 402 g/mol. The van der Waals surface area contributed by atoms with Crippen LogP contribution >= 0.6 is 0 Å². The predicted octanol–water partition coefficient (Wildman–Crippen LogP) is 2.07. The Kier molecular flexibility index (Phi) is 9.94. The second-order valence-corrected chi connectivity index (χ2v) is 7.98. The lowest BCUT2D eigenvalue weighted by atomic mass is 9.93. The number of ether oxygens (including phenoxy) is 2. The Morgan fingerprint density at radius 1 is 0.724 bits per heavy atom.